The lowest BCUT2D eigenvalue weighted by Crippen LogP contribution is -2.45. The van der Waals surface area contributed by atoms with Gasteiger partial charge in [-0.1, -0.05) is 0 Å². The number of amides is 1. The van der Waals surface area contributed by atoms with E-state index in [2.05, 4.69) is 10.6 Å². The SMILES string of the molecule is Cl.O=C(N[C@H]1CCCNC1)c1ccc([N+](=O)[O-])cc1I. The van der Waals surface area contributed by atoms with Crippen LogP contribution >= 0.6 is 35.0 Å². The number of non-ortho nitro benzene ring substituents is 1. The summed E-state index contributed by atoms with van der Waals surface area (Å²) in [5.74, 6) is -0.173. The maximum atomic E-state index is 12.1. The van der Waals surface area contributed by atoms with E-state index >= 15 is 0 Å². The Morgan fingerprint density at radius 1 is 1.50 bits per heavy atom. The fourth-order valence-corrected chi connectivity index (χ4v) is 2.78. The first-order valence-electron chi connectivity index (χ1n) is 6.03. The van der Waals surface area contributed by atoms with Crippen LogP contribution in [-0.4, -0.2) is 30.0 Å². The Morgan fingerprint density at radius 3 is 2.80 bits per heavy atom. The highest BCUT2D eigenvalue weighted by Crippen LogP contribution is 2.20. The minimum atomic E-state index is -0.463. The van der Waals surface area contributed by atoms with E-state index in [0.717, 1.165) is 25.9 Å². The van der Waals surface area contributed by atoms with Gasteiger partial charge in [-0.2, -0.15) is 0 Å². The van der Waals surface area contributed by atoms with Crippen molar-refractivity contribution in [2.24, 2.45) is 0 Å². The number of benzene rings is 1. The smallest absolute Gasteiger partial charge is 0.270 e. The van der Waals surface area contributed by atoms with Crippen molar-refractivity contribution in [3.05, 3.63) is 37.4 Å². The maximum Gasteiger partial charge on any atom is 0.270 e. The quantitative estimate of drug-likeness (QED) is 0.453. The first kappa shape index (κ1) is 17.1. The molecule has 1 fully saturated rings. The van der Waals surface area contributed by atoms with Crippen molar-refractivity contribution >= 4 is 46.6 Å². The second-order valence-electron chi connectivity index (χ2n) is 4.44. The van der Waals surface area contributed by atoms with Crippen LogP contribution < -0.4 is 10.6 Å². The summed E-state index contributed by atoms with van der Waals surface area (Å²) >= 11 is 1.95. The summed E-state index contributed by atoms with van der Waals surface area (Å²) in [5.41, 5.74) is 0.483. The fraction of sp³-hybridized carbons (Fsp3) is 0.417. The lowest BCUT2D eigenvalue weighted by atomic mass is 10.1. The summed E-state index contributed by atoms with van der Waals surface area (Å²) in [6, 6.07) is 4.41. The third-order valence-corrected chi connectivity index (χ3v) is 3.93. The number of piperidine rings is 1. The number of carbonyl (C=O) groups is 1. The van der Waals surface area contributed by atoms with Gasteiger partial charge < -0.3 is 10.6 Å². The summed E-state index contributed by atoms with van der Waals surface area (Å²) in [6.07, 6.45) is 2.00. The van der Waals surface area contributed by atoms with E-state index in [1.807, 2.05) is 22.6 Å². The normalized spacial score (nSPS) is 17.9. The molecular formula is C12H15ClIN3O3. The summed E-state index contributed by atoms with van der Waals surface area (Å²) in [6.45, 7) is 1.76. The van der Waals surface area contributed by atoms with Crippen LogP contribution in [0.1, 0.15) is 23.2 Å². The molecular weight excluding hydrogens is 397 g/mol. The molecule has 1 heterocycles. The molecule has 1 aliphatic rings. The van der Waals surface area contributed by atoms with Crippen LogP contribution in [0.5, 0.6) is 0 Å². The van der Waals surface area contributed by atoms with Gasteiger partial charge in [0, 0.05) is 28.3 Å². The van der Waals surface area contributed by atoms with Crippen LogP contribution in [-0.2, 0) is 0 Å². The highest BCUT2D eigenvalue weighted by molar-refractivity contribution is 14.1. The lowest BCUT2D eigenvalue weighted by Gasteiger charge is -2.23. The van der Waals surface area contributed by atoms with Crippen molar-refractivity contribution in [3.8, 4) is 0 Å². The fourth-order valence-electron chi connectivity index (χ4n) is 2.04. The summed E-state index contributed by atoms with van der Waals surface area (Å²) in [5, 5.41) is 16.8. The molecule has 1 atom stereocenters. The largest absolute Gasteiger partial charge is 0.348 e. The van der Waals surface area contributed by atoms with Gasteiger partial charge in [-0.25, -0.2) is 0 Å². The van der Waals surface area contributed by atoms with E-state index in [9.17, 15) is 14.9 Å². The van der Waals surface area contributed by atoms with E-state index in [1.165, 1.54) is 18.2 Å². The lowest BCUT2D eigenvalue weighted by molar-refractivity contribution is -0.384. The van der Waals surface area contributed by atoms with Gasteiger partial charge in [0.25, 0.3) is 11.6 Å². The van der Waals surface area contributed by atoms with Crippen molar-refractivity contribution in [1.82, 2.24) is 10.6 Å². The highest BCUT2D eigenvalue weighted by Gasteiger charge is 2.19. The Kier molecular flexibility index (Phi) is 6.63. The first-order valence-corrected chi connectivity index (χ1v) is 7.11. The number of carbonyl (C=O) groups excluding carboxylic acids is 1. The molecule has 8 heteroatoms. The Hall–Kier alpha value is -0.930. The zero-order valence-electron chi connectivity index (χ0n) is 10.6. The number of nitrogens with one attached hydrogen (secondary N) is 2. The van der Waals surface area contributed by atoms with Crippen LogP contribution in [0, 0.1) is 13.7 Å². The van der Waals surface area contributed by atoms with E-state index in [0.29, 0.717) is 9.13 Å². The molecule has 20 heavy (non-hydrogen) atoms. The second-order valence-corrected chi connectivity index (χ2v) is 5.60. The standard InChI is InChI=1S/C12H14IN3O3.ClH/c13-11-6-9(16(18)19)3-4-10(11)12(17)15-8-2-1-5-14-7-8;/h3-4,6,8,14H,1-2,5,7H2,(H,15,17);1H/t8-;/m0./s1. The minimum absolute atomic E-state index is 0. The number of hydrogen-bond donors (Lipinski definition) is 2. The number of nitrogens with zero attached hydrogens (tertiary/aromatic N) is 1. The van der Waals surface area contributed by atoms with E-state index in [1.54, 1.807) is 0 Å². The van der Waals surface area contributed by atoms with E-state index in [4.69, 9.17) is 0 Å². The minimum Gasteiger partial charge on any atom is -0.348 e. The molecule has 0 unspecified atom stereocenters. The molecule has 0 saturated carbocycles. The van der Waals surface area contributed by atoms with Gasteiger partial charge in [0.15, 0.2) is 0 Å². The monoisotopic (exact) mass is 411 g/mol. The van der Waals surface area contributed by atoms with Crippen molar-refractivity contribution < 1.29 is 9.72 Å². The number of hydrogen-bond acceptors (Lipinski definition) is 4. The van der Waals surface area contributed by atoms with Gasteiger partial charge in [-0.3, -0.25) is 14.9 Å². The second kappa shape index (κ2) is 7.75. The van der Waals surface area contributed by atoms with E-state index in [-0.39, 0.29) is 30.0 Å². The molecule has 1 aliphatic heterocycles. The van der Waals surface area contributed by atoms with Crippen LogP contribution in [0.3, 0.4) is 0 Å². The third-order valence-electron chi connectivity index (χ3n) is 3.04. The Labute approximate surface area is 136 Å². The molecule has 0 bridgehead atoms. The summed E-state index contributed by atoms with van der Waals surface area (Å²) in [4.78, 5) is 22.3. The zero-order chi connectivity index (χ0) is 13.8. The molecule has 0 radical (unpaired) electrons. The number of halogens is 2. The molecule has 0 aromatic heterocycles. The van der Waals surface area contributed by atoms with Gasteiger partial charge in [0.2, 0.25) is 0 Å². The average molecular weight is 412 g/mol. The predicted octanol–water partition coefficient (Wildman–Crippen LogP) is 2.10. The third kappa shape index (κ3) is 4.29. The molecule has 1 aromatic carbocycles. The van der Waals surface area contributed by atoms with Crippen LogP contribution in [0.25, 0.3) is 0 Å². The average Bonchev–Trinajstić information content (AvgIpc) is 2.39. The maximum absolute atomic E-state index is 12.1. The van der Waals surface area contributed by atoms with Gasteiger partial charge in [-0.05, 0) is 48.0 Å². The van der Waals surface area contributed by atoms with Crippen LogP contribution in [0.4, 0.5) is 5.69 Å². The molecule has 1 aromatic rings. The number of nitro groups is 1. The summed E-state index contributed by atoms with van der Waals surface area (Å²) in [7, 11) is 0. The summed E-state index contributed by atoms with van der Waals surface area (Å²) < 4.78 is 0.591. The van der Waals surface area contributed by atoms with Gasteiger partial charge in [-0.15, -0.1) is 12.4 Å². The first-order chi connectivity index (χ1) is 9.08. The molecule has 110 valence electrons. The van der Waals surface area contributed by atoms with Crippen molar-refractivity contribution in [2.75, 3.05) is 13.1 Å². The number of rotatable bonds is 3. The van der Waals surface area contributed by atoms with Crippen molar-refractivity contribution in [2.45, 2.75) is 18.9 Å². The van der Waals surface area contributed by atoms with Crippen molar-refractivity contribution in [3.63, 3.8) is 0 Å². The Morgan fingerprint density at radius 2 is 2.25 bits per heavy atom. The number of nitro benzene ring substituents is 1. The Balaban J connectivity index is 0.00000200. The molecule has 0 spiro atoms. The van der Waals surface area contributed by atoms with Gasteiger partial charge >= 0.3 is 0 Å². The molecule has 6 nitrogen and oxygen atoms in total. The Bertz CT molecular complexity index is 507. The molecule has 1 saturated heterocycles. The topological polar surface area (TPSA) is 84.3 Å². The van der Waals surface area contributed by atoms with Gasteiger partial charge in [0.05, 0.1) is 10.5 Å². The molecule has 2 N–H and O–H groups in total. The molecule has 2 rings (SSSR count). The molecule has 0 aliphatic carbocycles. The molecule has 1 amide bonds. The zero-order valence-corrected chi connectivity index (χ0v) is 13.6. The highest BCUT2D eigenvalue weighted by atomic mass is 127. The van der Waals surface area contributed by atoms with Crippen molar-refractivity contribution in [1.29, 1.82) is 0 Å². The van der Waals surface area contributed by atoms with Gasteiger partial charge in [0.1, 0.15) is 0 Å². The van der Waals surface area contributed by atoms with Crippen LogP contribution in [0.2, 0.25) is 0 Å². The van der Waals surface area contributed by atoms with E-state index < -0.39 is 4.92 Å². The predicted molar refractivity (Wildman–Crippen MR) is 86.4 cm³/mol. The van der Waals surface area contributed by atoms with Crippen LogP contribution in [0.15, 0.2) is 18.2 Å².